The fraction of sp³-hybridized carbons (Fsp3) is 0.818. The highest BCUT2D eigenvalue weighted by molar-refractivity contribution is 5.75. The Bertz CT molecular complexity index is 256. The van der Waals surface area contributed by atoms with E-state index in [1.54, 1.807) is 0 Å². The quantitative estimate of drug-likeness (QED) is 0.621. The molecule has 5 heteroatoms. The van der Waals surface area contributed by atoms with Crippen molar-refractivity contribution < 1.29 is 14.7 Å². The lowest BCUT2D eigenvalue weighted by Crippen LogP contribution is -2.41. The third-order valence-electron chi connectivity index (χ3n) is 2.93. The summed E-state index contributed by atoms with van der Waals surface area (Å²) in [4.78, 5) is 22.1. The number of carbonyl (C=O) groups excluding carboxylic acids is 1. The van der Waals surface area contributed by atoms with Crippen LogP contribution in [0, 0.1) is 5.92 Å². The molecule has 92 valence electrons. The first-order valence-electron chi connectivity index (χ1n) is 5.90. The summed E-state index contributed by atoms with van der Waals surface area (Å²) in [7, 11) is 0. The van der Waals surface area contributed by atoms with Gasteiger partial charge in [-0.25, -0.2) is 4.79 Å². The molecule has 2 unspecified atom stereocenters. The minimum Gasteiger partial charge on any atom is -0.481 e. The van der Waals surface area contributed by atoms with Crippen molar-refractivity contribution in [3.05, 3.63) is 0 Å². The molecule has 0 aromatic heterocycles. The zero-order valence-electron chi connectivity index (χ0n) is 9.66. The number of amides is 2. The average Bonchev–Trinajstić information content (AvgIpc) is 2.66. The van der Waals surface area contributed by atoms with Gasteiger partial charge in [0, 0.05) is 12.6 Å². The summed E-state index contributed by atoms with van der Waals surface area (Å²) < 4.78 is 0. The number of carbonyl (C=O) groups is 2. The molecule has 0 heterocycles. The number of aliphatic carboxylic acids is 1. The van der Waals surface area contributed by atoms with E-state index < -0.39 is 5.97 Å². The summed E-state index contributed by atoms with van der Waals surface area (Å²) >= 11 is 0. The maximum absolute atomic E-state index is 11.4. The normalized spacial score (nSPS) is 24.1. The van der Waals surface area contributed by atoms with E-state index in [2.05, 4.69) is 17.6 Å². The summed E-state index contributed by atoms with van der Waals surface area (Å²) in [6, 6.07) is -0.160. The molecule has 0 radical (unpaired) electrons. The van der Waals surface area contributed by atoms with E-state index in [0.717, 1.165) is 19.3 Å². The average molecular weight is 228 g/mol. The number of unbranched alkanes of at least 4 members (excludes halogenated alkanes) is 1. The van der Waals surface area contributed by atoms with Crippen LogP contribution in [0.5, 0.6) is 0 Å². The predicted octanol–water partition coefficient (Wildman–Crippen LogP) is 1.34. The molecule has 0 saturated heterocycles. The van der Waals surface area contributed by atoms with Gasteiger partial charge >= 0.3 is 12.0 Å². The van der Waals surface area contributed by atoms with Crippen LogP contribution < -0.4 is 10.6 Å². The van der Waals surface area contributed by atoms with Crippen LogP contribution in [0.15, 0.2) is 0 Å². The lowest BCUT2D eigenvalue weighted by molar-refractivity contribution is -0.141. The molecule has 2 atom stereocenters. The van der Waals surface area contributed by atoms with Crippen molar-refractivity contribution in [2.75, 3.05) is 6.54 Å². The molecule has 5 nitrogen and oxygen atoms in total. The zero-order chi connectivity index (χ0) is 12.0. The van der Waals surface area contributed by atoms with Crippen molar-refractivity contribution >= 4 is 12.0 Å². The van der Waals surface area contributed by atoms with Gasteiger partial charge in [-0.05, 0) is 25.7 Å². The van der Waals surface area contributed by atoms with E-state index >= 15 is 0 Å². The minimum absolute atomic E-state index is 0.0164. The fourth-order valence-corrected chi connectivity index (χ4v) is 1.95. The number of nitrogens with one attached hydrogen (secondary N) is 2. The Morgan fingerprint density at radius 2 is 2.12 bits per heavy atom. The summed E-state index contributed by atoms with van der Waals surface area (Å²) in [5.74, 6) is -1.04. The van der Waals surface area contributed by atoms with Crippen molar-refractivity contribution in [2.24, 2.45) is 5.92 Å². The second-order valence-corrected chi connectivity index (χ2v) is 4.30. The van der Waals surface area contributed by atoms with Gasteiger partial charge in [-0.2, -0.15) is 0 Å². The predicted molar refractivity (Wildman–Crippen MR) is 60.2 cm³/mol. The van der Waals surface area contributed by atoms with Crippen molar-refractivity contribution in [1.82, 2.24) is 10.6 Å². The van der Waals surface area contributed by atoms with E-state index in [4.69, 9.17) is 5.11 Å². The minimum atomic E-state index is -0.754. The van der Waals surface area contributed by atoms with Crippen molar-refractivity contribution in [1.29, 1.82) is 0 Å². The first-order chi connectivity index (χ1) is 7.63. The molecule has 1 aliphatic rings. The Balaban J connectivity index is 2.18. The van der Waals surface area contributed by atoms with E-state index in [1.165, 1.54) is 0 Å². The van der Waals surface area contributed by atoms with Crippen LogP contribution >= 0.6 is 0 Å². The largest absolute Gasteiger partial charge is 0.481 e. The highest BCUT2D eigenvalue weighted by Gasteiger charge is 2.30. The van der Waals surface area contributed by atoms with Crippen LogP contribution in [0.2, 0.25) is 0 Å². The highest BCUT2D eigenvalue weighted by atomic mass is 16.4. The summed E-state index contributed by atoms with van der Waals surface area (Å²) in [5, 5.41) is 14.4. The first-order valence-corrected chi connectivity index (χ1v) is 5.90. The third-order valence-corrected chi connectivity index (χ3v) is 2.93. The monoisotopic (exact) mass is 228 g/mol. The van der Waals surface area contributed by atoms with Gasteiger partial charge in [0.15, 0.2) is 0 Å². The third kappa shape index (κ3) is 4.08. The van der Waals surface area contributed by atoms with Crippen LogP contribution in [0.1, 0.15) is 39.0 Å². The van der Waals surface area contributed by atoms with Crippen LogP contribution in [-0.2, 0) is 4.79 Å². The Hall–Kier alpha value is -1.26. The van der Waals surface area contributed by atoms with Crippen molar-refractivity contribution in [2.45, 2.75) is 45.1 Å². The molecule has 1 aliphatic carbocycles. The van der Waals surface area contributed by atoms with E-state index in [-0.39, 0.29) is 18.0 Å². The molecule has 2 amide bonds. The Morgan fingerprint density at radius 3 is 2.69 bits per heavy atom. The van der Waals surface area contributed by atoms with Gasteiger partial charge in [-0.3, -0.25) is 4.79 Å². The smallest absolute Gasteiger partial charge is 0.315 e. The number of hydrogen-bond donors (Lipinski definition) is 3. The lowest BCUT2D eigenvalue weighted by atomic mass is 10.1. The van der Waals surface area contributed by atoms with Crippen LogP contribution in [0.25, 0.3) is 0 Å². The highest BCUT2D eigenvalue weighted by Crippen LogP contribution is 2.25. The molecule has 16 heavy (non-hydrogen) atoms. The van der Waals surface area contributed by atoms with Gasteiger partial charge in [0.1, 0.15) is 0 Å². The lowest BCUT2D eigenvalue weighted by Gasteiger charge is -2.13. The van der Waals surface area contributed by atoms with Gasteiger partial charge < -0.3 is 15.7 Å². The molecule has 0 aromatic rings. The molecule has 1 fully saturated rings. The summed E-state index contributed by atoms with van der Waals surface area (Å²) in [6.07, 6.45) is 3.99. The van der Waals surface area contributed by atoms with Crippen LogP contribution in [0.4, 0.5) is 4.79 Å². The molecule has 0 aromatic carbocycles. The van der Waals surface area contributed by atoms with E-state index in [9.17, 15) is 9.59 Å². The maximum Gasteiger partial charge on any atom is 0.315 e. The Kier molecular flexibility index (Phi) is 5.08. The number of urea groups is 1. The van der Waals surface area contributed by atoms with Crippen LogP contribution in [0.3, 0.4) is 0 Å². The number of carboxylic acids is 1. The molecular formula is C11H20N2O3. The number of carboxylic acid groups (broad SMARTS) is 1. The van der Waals surface area contributed by atoms with Gasteiger partial charge in [0.05, 0.1) is 5.92 Å². The second kappa shape index (κ2) is 6.35. The van der Waals surface area contributed by atoms with E-state index in [0.29, 0.717) is 19.4 Å². The fourth-order valence-electron chi connectivity index (χ4n) is 1.95. The molecular weight excluding hydrogens is 208 g/mol. The van der Waals surface area contributed by atoms with Gasteiger partial charge in [-0.1, -0.05) is 13.3 Å². The zero-order valence-corrected chi connectivity index (χ0v) is 9.66. The topological polar surface area (TPSA) is 78.4 Å². The van der Waals surface area contributed by atoms with Crippen LogP contribution in [-0.4, -0.2) is 29.7 Å². The summed E-state index contributed by atoms with van der Waals surface area (Å²) in [5.41, 5.74) is 0. The SMILES string of the molecule is CCCCNC(=O)NC1CCC(C(=O)O)C1. The molecule has 3 N–H and O–H groups in total. The standard InChI is InChI=1S/C11H20N2O3/c1-2-3-6-12-11(16)13-9-5-4-8(7-9)10(14)15/h8-9H,2-7H2,1H3,(H,14,15)(H2,12,13,16). The second-order valence-electron chi connectivity index (χ2n) is 4.30. The summed E-state index contributed by atoms with van der Waals surface area (Å²) in [6.45, 7) is 2.74. The molecule has 0 spiro atoms. The number of rotatable bonds is 5. The maximum atomic E-state index is 11.4. The van der Waals surface area contributed by atoms with Crippen molar-refractivity contribution in [3.8, 4) is 0 Å². The molecule has 1 saturated carbocycles. The first kappa shape index (κ1) is 12.8. The molecule has 0 bridgehead atoms. The molecule has 0 aliphatic heterocycles. The van der Waals surface area contributed by atoms with Gasteiger partial charge in [0.2, 0.25) is 0 Å². The van der Waals surface area contributed by atoms with Gasteiger partial charge in [0.25, 0.3) is 0 Å². The van der Waals surface area contributed by atoms with Crippen molar-refractivity contribution in [3.63, 3.8) is 0 Å². The Morgan fingerprint density at radius 1 is 1.38 bits per heavy atom. The Labute approximate surface area is 95.6 Å². The van der Waals surface area contributed by atoms with E-state index in [1.807, 2.05) is 0 Å². The van der Waals surface area contributed by atoms with Gasteiger partial charge in [-0.15, -0.1) is 0 Å². The molecule has 1 rings (SSSR count). The number of hydrogen-bond acceptors (Lipinski definition) is 2.